The smallest absolute Gasteiger partial charge is 0.319 e. The molecule has 0 fully saturated rings. The number of urea groups is 1. The van der Waals surface area contributed by atoms with Crippen molar-refractivity contribution in [3.05, 3.63) is 54.4 Å². The fourth-order valence-electron chi connectivity index (χ4n) is 1.72. The number of hydrogen-bond donors (Lipinski definition) is 2. The van der Waals surface area contributed by atoms with E-state index in [1.807, 2.05) is 42.7 Å². The molecule has 0 aliphatic rings. The normalized spacial score (nSPS) is 10.1. The van der Waals surface area contributed by atoms with Gasteiger partial charge >= 0.3 is 6.03 Å². The number of aromatic nitrogens is 1. The fourth-order valence-corrected chi connectivity index (χ4v) is 2.13. The third-order valence-corrected chi connectivity index (χ3v) is 3.54. The predicted octanol–water partition coefficient (Wildman–Crippen LogP) is 3.17. The van der Waals surface area contributed by atoms with Crippen molar-refractivity contribution in [1.29, 1.82) is 0 Å². The molecule has 0 radical (unpaired) electrons. The van der Waals surface area contributed by atoms with Gasteiger partial charge in [-0.3, -0.25) is 4.98 Å². The summed E-state index contributed by atoms with van der Waals surface area (Å²) in [5, 5.41) is 5.64. The summed E-state index contributed by atoms with van der Waals surface area (Å²) in [4.78, 5) is 16.8. The van der Waals surface area contributed by atoms with Crippen molar-refractivity contribution in [2.45, 2.75) is 11.3 Å². The van der Waals surface area contributed by atoms with Gasteiger partial charge in [-0.1, -0.05) is 0 Å². The highest BCUT2D eigenvalue weighted by molar-refractivity contribution is 7.98. The van der Waals surface area contributed by atoms with Crippen molar-refractivity contribution < 1.29 is 4.79 Å². The van der Waals surface area contributed by atoms with Crippen LogP contribution in [0.1, 0.15) is 5.56 Å². The molecule has 0 saturated carbocycles. The molecule has 0 bridgehead atoms. The maximum absolute atomic E-state index is 11.7. The molecular formula is C15H17N3OS. The van der Waals surface area contributed by atoms with Crippen LogP contribution in [0.5, 0.6) is 0 Å². The summed E-state index contributed by atoms with van der Waals surface area (Å²) in [6, 6.07) is 11.5. The minimum absolute atomic E-state index is 0.184. The van der Waals surface area contributed by atoms with Crippen LogP contribution in [0.3, 0.4) is 0 Å². The minimum Gasteiger partial charge on any atom is -0.338 e. The van der Waals surface area contributed by atoms with Crippen LogP contribution < -0.4 is 10.6 Å². The van der Waals surface area contributed by atoms with Gasteiger partial charge in [0.25, 0.3) is 0 Å². The van der Waals surface area contributed by atoms with Crippen molar-refractivity contribution in [1.82, 2.24) is 10.3 Å². The largest absolute Gasteiger partial charge is 0.338 e. The molecule has 104 valence electrons. The molecule has 0 aliphatic heterocycles. The Kier molecular flexibility index (Phi) is 5.43. The van der Waals surface area contributed by atoms with Gasteiger partial charge in [-0.2, -0.15) is 0 Å². The van der Waals surface area contributed by atoms with Crippen molar-refractivity contribution in [3.8, 4) is 0 Å². The maximum Gasteiger partial charge on any atom is 0.319 e. The second kappa shape index (κ2) is 7.55. The molecule has 20 heavy (non-hydrogen) atoms. The molecule has 0 unspecified atom stereocenters. The van der Waals surface area contributed by atoms with Crippen LogP contribution in [-0.2, 0) is 6.42 Å². The number of carbonyl (C=O) groups is 1. The van der Waals surface area contributed by atoms with E-state index in [1.54, 1.807) is 24.2 Å². The standard InChI is InChI=1S/C15H17N3OS/c1-20-14-4-2-13(3-5-14)18-15(19)17-11-8-12-6-9-16-10-7-12/h2-7,9-10H,8,11H2,1H3,(H2,17,18,19). The summed E-state index contributed by atoms with van der Waals surface area (Å²) in [6.07, 6.45) is 6.32. The quantitative estimate of drug-likeness (QED) is 0.831. The number of nitrogens with one attached hydrogen (secondary N) is 2. The Balaban J connectivity index is 1.74. The lowest BCUT2D eigenvalue weighted by molar-refractivity contribution is 0.252. The van der Waals surface area contributed by atoms with Crippen molar-refractivity contribution >= 4 is 23.5 Å². The lowest BCUT2D eigenvalue weighted by Crippen LogP contribution is -2.30. The number of carbonyl (C=O) groups excluding carboxylic acids is 1. The van der Waals surface area contributed by atoms with Crippen LogP contribution in [0.25, 0.3) is 0 Å². The van der Waals surface area contributed by atoms with E-state index in [2.05, 4.69) is 15.6 Å². The summed E-state index contributed by atoms with van der Waals surface area (Å²) >= 11 is 1.67. The second-order valence-electron chi connectivity index (χ2n) is 4.21. The van der Waals surface area contributed by atoms with Gasteiger partial charge in [0.15, 0.2) is 0 Å². The van der Waals surface area contributed by atoms with Crippen LogP contribution in [0.2, 0.25) is 0 Å². The fraction of sp³-hybridized carbons (Fsp3) is 0.200. The number of pyridine rings is 1. The molecule has 2 N–H and O–H groups in total. The van der Waals surface area contributed by atoms with Gasteiger partial charge in [0.1, 0.15) is 0 Å². The first-order valence-corrected chi connectivity index (χ1v) is 7.58. The Morgan fingerprint density at radius 1 is 1.15 bits per heavy atom. The second-order valence-corrected chi connectivity index (χ2v) is 5.09. The molecule has 0 spiro atoms. The summed E-state index contributed by atoms with van der Waals surface area (Å²) in [7, 11) is 0. The highest BCUT2D eigenvalue weighted by Crippen LogP contribution is 2.17. The molecular weight excluding hydrogens is 270 g/mol. The number of benzene rings is 1. The zero-order valence-electron chi connectivity index (χ0n) is 11.3. The highest BCUT2D eigenvalue weighted by Gasteiger charge is 2.01. The number of anilines is 1. The average Bonchev–Trinajstić information content (AvgIpc) is 2.49. The van der Waals surface area contributed by atoms with Gasteiger partial charge in [0, 0.05) is 29.5 Å². The molecule has 2 amide bonds. The van der Waals surface area contributed by atoms with E-state index in [0.717, 1.165) is 17.7 Å². The molecule has 1 aromatic carbocycles. The first-order valence-electron chi connectivity index (χ1n) is 6.36. The third kappa shape index (κ3) is 4.59. The van der Waals surface area contributed by atoms with Gasteiger partial charge in [-0.05, 0) is 54.6 Å². The highest BCUT2D eigenvalue weighted by atomic mass is 32.2. The number of thioether (sulfide) groups is 1. The molecule has 1 heterocycles. The predicted molar refractivity (Wildman–Crippen MR) is 83.2 cm³/mol. The average molecular weight is 287 g/mol. The molecule has 0 atom stereocenters. The molecule has 5 heteroatoms. The van der Waals surface area contributed by atoms with Crippen molar-refractivity contribution in [2.24, 2.45) is 0 Å². The molecule has 2 rings (SSSR count). The minimum atomic E-state index is -0.184. The number of rotatable bonds is 5. The molecule has 0 saturated heterocycles. The monoisotopic (exact) mass is 287 g/mol. The summed E-state index contributed by atoms with van der Waals surface area (Å²) in [5.41, 5.74) is 1.95. The Bertz CT molecular complexity index is 543. The first-order chi connectivity index (χ1) is 9.78. The maximum atomic E-state index is 11.7. The van der Waals surface area contributed by atoms with Crippen LogP contribution >= 0.6 is 11.8 Å². The lowest BCUT2D eigenvalue weighted by Gasteiger charge is -2.08. The molecule has 2 aromatic rings. The van der Waals surface area contributed by atoms with Gasteiger partial charge in [0.05, 0.1) is 0 Å². The van der Waals surface area contributed by atoms with Gasteiger partial charge in [-0.25, -0.2) is 4.79 Å². The zero-order chi connectivity index (χ0) is 14.2. The van der Waals surface area contributed by atoms with E-state index in [1.165, 1.54) is 4.90 Å². The van der Waals surface area contributed by atoms with E-state index < -0.39 is 0 Å². The number of amides is 2. The van der Waals surface area contributed by atoms with Crippen LogP contribution in [-0.4, -0.2) is 23.8 Å². The van der Waals surface area contributed by atoms with Gasteiger partial charge in [-0.15, -0.1) is 11.8 Å². The van der Waals surface area contributed by atoms with Crippen LogP contribution in [0.15, 0.2) is 53.7 Å². The Hall–Kier alpha value is -2.01. The van der Waals surface area contributed by atoms with E-state index in [-0.39, 0.29) is 6.03 Å². The topological polar surface area (TPSA) is 54.0 Å². The van der Waals surface area contributed by atoms with E-state index in [9.17, 15) is 4.79 Å². The van der Waals surface area contributed by atoms with Gasteiger partial charge in [0.2, 0.25) is 0 Å². The van der Waals surface area contributed by atoms with Crippen LogP contribution in [0.4, 0.5) is 10.5 Å². The molecule has 0 aliphatic carbocycles. The third-order valence-electron chi connectivity index (χ3n) is 2.80. The number of nitrogens with zero attached hydrogens (tertiary/aromatic N) is 1. The summed E-state index contributed by atoms with van der Waals surface area (Å²) in [5.74, 6) is 0. The first kappa shape index (κ1) is 14.4. The SMILES string of the molecule is CSc1ccc(NC(=O)NCCc2ccncc2)cc1. The molecule has 4 nitrogen and oxygen atoms in total. The van der Waals surface area contributed by atoms with E-state index >= 15 is 0 Å². The van der Waals surface area contributed by atoms with Crippen molar-refractivity contribution in [3.63, 3.8) is 0 Å². The van der Waals surface area contributed by atoms with Gasteiger partial charge < -0.3 is 10.6 Å². The molecule has 1 aromatic heterocycles. The number of hydrogen-bond acceptors (Lipinski definition) is 3. The van der Waals surface area contributed by atoms with Crippen LogP contribution in [0, 0.1) is 0 Å². The zero-order valence-corrected chi connectivity index (χ0v) is 12.1. The Morgan fingerprint density at radius 3 is 2.50 bits per heavy atom. The Labute approximate surface area is 123 Å². The Morgan fingerprint density at radius 2 is 1.85 bits per heavy atom. The van der Waals surface area contributed by atoms with E-state index in [4.69, 9.17) is 0 Å². The lowest BCUT2D eigenvalue weighted by atomic mass is 10.2. The van der Waals surface area contributed by atoms with Crippen molar-refractivity contribution in [2.75, 3.05) is 18.1 Å². The van der Waals surface area contributed by atoms with E-state index in [0.29, 0.717) is 6.54 Å². The summed E-state index contributed by atoms with van der Waals surface area (Å²) < 4.78 is 0. The summed E-state index contributed by atoms with van der Waals surface area (Å²) in [6.45, 7) is 0.596.